The molecule has 0 unspecified atom stereocenters. The van der Waals surface area contributed by atoms with Crippen LogP contribution in [0, 0.1) is 5.92 Å². The SMILES string of the molecule is COc1ccc(NCCNC(=O)[C@H](CC(C)C)NC(=O)c2ncn(-c3cccc(Cl)c3Cl)n2)cc1. The molecule has 0 saturated heterocycles. The molecule has 0 fully saturated rings. The van der Waals surface area contributed by atoms with Crippen molar-refractivity contribution in [1.82, 2.24) is 25.4 Å². The Kier molecular flexibility index (Phi) is 9.33. The van der Waals surface area contributed by atoms with Crippen LogP contribution in [-0.2, 0) is 4.79 Å². The topological polar surface area (TPSA) is 110 Å². The van der Waals surface area contributed by atoms with Gasteiger partial charge in [0.15, 0.2) is 0 Å². The maximum absolute atomic E-state index is 12.8. The highest BCUT2D eigenvalue weighted by atomic mass is 35.5. The van der Waals surface area contributed by atoms with Crippen LogP contribution in [0.25, 0.3) is 5.69 Å². The van der Waals surface area contributed by atoms with E-state index in [1.165, 1.54) is 11.0 Å². The summed E-state index contributed by atoms with van der Waals surface area (Å²) in [5.41, 5.74) is 1.40. The number of nitrogens with one attached hydrogen (secondary N) is 3. The molecule has 1 atom stereocenters. The summed E-state index contributed by atoms with van der Waals surface area (Å²) in [5.74, 6) is 0.0362. The fourth-order valence-corrected chi connectivity index (χ4v) is 3.68. The van der Waals surface area contributed by atoms with Gasteiger partial charge >= 0.3 is 0 Å². The Hall–Kier alpha value is -3.30. The third kappa shape index (κ3) is 7.34. The zero-order valence-corrected chi connectivity index (χ0v) is 21.2. The molecule has 9 nitrogen and oxygen atoms in total. The van der Waals surface area contributed by atoms with Crippen molar-refractivity contribution in [2.45, 2.75) is 26.3 Å². The summed E-state index contributed by atoms with van der Waals surface area (Å²) < 4.78 is 6.51. The number of methoxy groups -OCH3 is 1. The molecule has 35 heavy (non-hydrogen) atoms. The number of benzene rings is 2. The van der Waals surface area contributed by atoms with Crippen molar-refractivity contribution in [3.05, 3.63) is 64.7 Å². The molecule has 0 spiro atoms. The highest BCUT2D eigenvalue weighted by Gasteiger charge is 2.24. The number of amides is 2. The molecule has 0 aliphatic heterocycles. The summed E-state index contributed by atoms with van der Waals surface area (Å²) in [6.07, 6.45) is 1.83. The van der Waals surface area contributed by atoms with Crippen molar-refractivity contribution >= 4 is 40.7 Å². The Morgan fingerprint density at radius 2 is 1.83 bits per heavy atom. The molecule has 0 saturated carbocycles. The minimum atomic E-state index is -0.731. The van der Waals surface area contributed by atoms with Crippen molar-refractivity contribution in [2.24, 2.45) is 5.92 Å². The van der Waals surface area contributed by atoms with Crippen molar-refractivity contribution in [2.75, 3.05) is 25.5 Å². The Morgan fingerprint density at radius 1 is 1.09 bits per heavy atom. The standard InChI is InChI=1S/C24H28Cl2N6O3/c1-15(2)13-19(23(33)28-12-11-27-16-7-9-17(35-3)10-8-16)30-24(34)22-29-14-32(31-22)20-6-4-5-18(25)21(20)26/h4-10,14-15,19,27H,11-13H2,1-3H3,(H,28,33)(H,30,34)/t19-/m0/s1. The average molecular weight is 519 g/mol. The summed E-state index contributed by atoms with van der Waals surface area (Å²) in [6.45, 7) is 4.86. The Bertz CT molecular complexity index is 1150. The highest BCUT2D eigenvalue weighted by Crippen LogP contribution is 2.27. The summed E-state index contributed by atoms with van der Waals surface area (Å²) >= 11 is 12.3. The first-order valence-corrected chi connectivity index (χ1v) is 11.9. The predicted octanol–water partition coefficient (Wildman–Crippen LogP) is 3.96. The van der Waals surface area contributed by atoms with E-state index >= 15 is 0 Å². The Balaban J connectivity index is 1.57. The van der Waals surface area contributed by atoms with Gasteiger partial charge in [0.1, 0.15) is 18.1 Å². The number of hydrogen-bond acceptors (Lipinski definition) is 6. The first-order valence-electron chi connectivity index (χ1n) is 11.1. The number of aromatic nitrogens is 3. The molecule has 3 aromatic rings. The number of nitrogens with zero attached hydrogens (tertiary/aromatic N) is 3. The Labute approximate surface area is 214 Å². The second-order valence-corrected chi connectivity index (χ2v) is 8.97. The number of carbonyl (C=O) groups excluding carboxylic acids is 2. The summed E-state index contributed by atoms with van der Waals surface area (Å²) in [6, 6.07) is 11.8. The van der Waals surface area contributed by atoms with E-state index in [0.717, 1.165) is 11.4 Å². The number of rotatable bonds is 11. The van der Waals surface area contributed by atoms with Crippen LogP contribution in [0.5, 0.6) is 5.75 Å². The number of halogens is 2. The van der Waals surface area contributed by atoms with Crippen LogP contribution in [0.3, 0.4) is 0 Å². The first-order chi connectivity index (χ1) is 16.8. The number of carbonyl (C=O) groups is 2. The molecule has 3 N–H and O–H groups in total. The van der Waals surface area contributed by atoms with Gasteiger partial charge in [-0.3, -0.25) is 9.59 Å². The molecule has 0 bridgehead atoms. The fourth-order valence-electron chi connectivity index (χ4n) is 3.30. The van der Waals surface area contributed by atoms with Gasteiger partial charge in [-0.15, -0.1) is 5.10 Å². The molecule has 0 radical (unpaired) electrons. The lowest BCUT2D eigenvalue weighted by Gasteiger charge is -2.19. The van der Waals surface area contributed by atoms with E-state index < -0.39 is 11.9 Å². The van der Waals surface area contributed by atoms with Gasteiger partial charge in [0.05, 0.1) is 22.8 Å². The van der Waals surface area contributed by atoms with Crippen molar-refractivity contribution < 1.29 is 14.3 Å². The van der Waals surface area contributed by atoms with E-state index in [1.807, 2.05) is 38.1 Å². The van der Waals surface area contributed by atoms with Crippen molar-refractivity contribution in [3.63, 3.8) is 0 Å². The van der Waals surface area contributed by atoms with Gasteiger partial charge in [0.25, 0.3) is 5.91 Å². The van der Waals surface area contributed by atoms with Crippen LogP contribution < -0.4 is 20.7 Å². The summed E-state index contributed by atoms with van der Waals surface area (Å²) in [5, 5.41) is 13.7. The van der Waals surface area contributed by atoms with Crippen molar-refractivity contribution in [1.29, 1.82) is 0 Å². The van der Waals surface area contributed by atoms with E-state index in [4.69, 9.17) is 27.9 Å². The molecule has 1 aromatic heterocycles. The molecule has 0 aliphatic carbocycles. The molecular weight excluding hydrogens is 491 g/mol. The van der Waals surface area contributed by atoms with E-state index in [0.29, 0.717) is 35.2 Å². The maximum Gasteiger partial charge on any atom is 0.291 e. The zero-order chi connectivity index (χ0) is 25.4. The third-order valence-electron chi connectivity index (χ3n) is 5.05. The van der Waals surface area contributed by atoms with Crippen molar-refractivity contribution in [3.8, 4) is 11.4 Å². The molecule has 3 rings (SSSR count). The minimum Gasteiger partial charge on any atom is -0.497 e. The molecule has 0 aliphatic rings. The maximum atomic E-state index is 12.8. The van der Waals surface area contributed by atoms with Gasteiger partial charge in [-0.05, 0) is 48.7 Å². The third-order valence-corrected chi connectivity index (χ3v) is 5.85. The lowest BCUT2D eigenvalue weighted by atomic mass is 10.0. The molecule has 1 heterocycles. The van der Waals surface area contributed by atoms with E-state index in [2.05, 4.69) is 26.0 Å². The number of hydrogen-bond donors (Lipinski definition) is 3. The fraction of sp³-hybridized carbons (Fsp3) is 0.333. The lowest BCUT2D eigenvalue weighted by Crippen LogP contribution is -2.48. The first kappa shape index (κ1) is 26.3. The highest BCUT2D eigenvalue weighted by molar-refractivity contribution is 6.43. The largest absolute Gasteiger partial charge is 0.497 e. The van der Waals surface area contributed by atoms with Gasteiger partial charge in [0, 0.05) is 18.8 Å². The van der Waals surface area contributed by atoms with Gasteiger partial charge in [-0.1, -0.05) is 43.1 Å². The smallest absolute Gasteiger partial charge is 0.291 e. The van der Waals surface area contributed by atoms with E-state index in [9.17, 15) is 9.59 Å². The monoisotopic (exact) mass is 518 g/mol. The minimum absolute atomic E-state index is 0.0798. The molecule has 186 valence electrons. The molecule has 2 aromatic carbocycles. The van der Waals surface area contributed by atoms with Crippen LogP contribution in [0.4, 0.5) is 5.69 Å². The van der Waals surface area contributed by atoms with Crippen LogP contribution in [-0.4, -0.2) is 52.8 Å². The average Bonchev–Trinajstić information content (AvgIpc) is 3.33. The normalized spacial score (nSPS) is 11.7. The summed E-state index contributed by atoms with van der Waals surface area (Å²) in [7, 11) is 1.61. The quantitative estimate of drug-likeness (QED) is 0.331. The molecular formula is C24H28Cl2N6O3. The Morgan fingerprint density at radius 3 is 2.51 bits per heavy atom. The second kappa shape index (κ2) is 12.4. The van der Waals surface area contributed by atoms with Gasteiger partial charge in [-0.2, -0.15) is 0 Å². The van der Waals surface area contributed by atoms with E-state index in [-0.39, 0.29) is 17.6 Å². The summed E-state index contributed by atoms with van der Waals surface area (Å²) in [4.78, 5) is 29.7. The number of ether oxygens (including phenoxy) is 1. The van der Waals surface area contributed by atoms with Crippen LogP contribution in [0.15, 0.2) is 48.8 Å². The number of anilines is 1. The molecule has 11 heteroatoms. The van der Waals surface area contributed by atoms with Gasteiger partial charge < -0.3 is 20.7 Å². The van der Waals surface area contributed by atoms with Gasteiger partial charge in [-0.25, -0.2) is 9.67 Å². The molecule has 2 amide bonds. The van der Waals surface area contributed by atoms with Crippen LogP contribution in [0.2, 0.25) is 10.0 Å². The lowest BCUT2D eigenvalue weighted by molar-refractivity contribution is -0.123. The van der Waals surface area contributed by atoms with Crippen LogP contribution in [0.1, 0.15) is 30.9 Å². The predicted molar refractivity (Wildman–Crippen MR) is 137 cm³/mol. The van der Waals surface area contributed by atoms with Crippen LogP contribution >= 0.6 is 23.2 Å². The van der Waals surface area contributed by atoms with E-state index in [1.54, 1.807) is 25.3 Å². The second-order valence-electron chi connectivity index (χ2n) is 8.19. The zero-order valence-electron chi connectivity index (χ0n) is 19.7. The van der Waals surface area contributed by atoms with Gasteiger partial charge in [0.2, 0.25) is 11.7 Å².